The van der Waals surface area contributed by atoms with Gasteiger partial charge in [0.2, 0.25) is 10.0 Å². The van der Waals surface area contributed by atoms with Crippen molar-refractivity contribution < 1.29 is 12.8 Å². The third kappa shape index (κ3) is 5.75. The molecule has 1 atom stereocenters. The summed E-state index contributed by atoms with van der Waals surface area (Å²) in [6.45, 7) is 2.46. The summed E-state index contributed by atoms with van der Waals surface area (Å²) in [5, 5.41) is 3.25. The smallest absolute Gasteiger partial charge is 0.215 e. The summed E-state index contributed by atoms with van der Waals surface area (Å²) in [5.41, 5.74) is 0.594. The van der Waals surface area contributed by atoms with Gasteiger partial charge in [0, 0.05) is 6.54 Å². The lowest BCUT2D eigenvalue weighted by molar-refractivity contribution is 0.519. The van der Waals surface area contributed by atoms with Crippen LogP contribution in [0.2, 0.25) is 0 Å². The molecule has 4 nitrogen and oxygen atoms in total. The Balaban J connectivity index is 0.00000200. The van der Waals surface area contributed by atoms with Crippen molar-refractivity contribution in [2.24, 2.45) is 5.92 Å². The summed E-state index contributed by atoms with van der Waals surface area (Å²) in [6.07, 6.45) is 1.97. The highest BCUT2D eigenvalue weighted by molar-refractivity contribution is 7.88. The van der Waals surface area contributed by atoms with Crippen LogP contribution in [0.3, 0.4) is 0 Å². The van der Waals surface area contributed by atoms with Gasteiger partial charge in [-0.15, -0.1) is 12.4 Å². The second-order valence-electron chi connectivity index (χ2n) is 4.93. The maximum absolute atomic E-state index is 12.7. The van der Waals surface area contributed by atoms with E-state index in [1.54, 1.807) is 0 Å². The minimum absolute atomic E-state index is 0. The lowest BCUT2D eigenvalue weighted by atomic mass is 10.1. The van der Waals surface area contributed by atoms with E-state index in [-0.39, 0.29) is 24.0 Å². The largest absolute Gasteiger partial charge is 0.316 e. The lowest BCUT2D eigenvalue weighted by Crippen LogP contribution is -2.27. The predicted molar refractivity (Wildman–Crippen MR) is 79.9 cm³/mol. The number of nitrogens with one attached hydrogen (secondary N) is 2. The highest BCUT2D eigenvalue weighted by Gasteiger charge is 2.16. The van der Waals surface area contributed by atoms with E-state index in [2.05, 4.69) is 10.0 Å². The van der Waals surface area contributed by atoms with Gasteiger partial charge in [0.1, 0.15) is 5.82 Å². The first kappa shape index (κ1) is 17.4. The Labute approximate surface area is 125 Å². The molecule has 2 rings (SSSR count). The average Bonchev–Trinajstić information content (AvgIpc) is 2.85. The first-order valence-electron chi connectivity index (χ1n) is 6.48. The van der Waals surface area contributed by atoms with E-state index in [0.717, 1.165) is 25.9 Å². The van der Waals surface area contributed by atoms with Crippen molar-refractivity contribution in [2.45, 2.75) is 18.6 Å². The number of halogens is 2. The van der Waals surface area contributed by atoms with Gasteiger partial charge >= 0.3 is 0 Å². The fourth-order valence-corrected chi connectivity index (χ4v) is 3.39. The zero-order valence-electron chi connectivity index (χ0n) is 11.1. The molecule has 1 aliphatic rings. The van der Waals surface area contributed by atoms with Gasteiger partial charge in [0.25, 0.3) is 0 Å². The van der Waals surface area contributed by atoms with Gasteiger partial charge in [0.15, 0.2) is 0 Å². The summed E-state index contributed by atoms with van der Waals surface area (Å²) in [6, 6.07) is 5.54. The van der Waals surface area contributed by atoms with E-state index in [4.69, 9.17) is 0 Å². The number of rotatable bonds is 6. The second-order valence-corrected chi connectivity index (χ2v) is 6.73. The van der Waals surface area contributed by atoms with Gasteiger partial charge in [-0.25, -0.2) is 17.5 Å². The zero-order chi connectivity index (χ0) is 13.7. The van der Waals surface area contributed by atoms with Crippen molar-refractivity contribution >= 4 is 22.4 Å². The summed E-state index contributed by atoms with van der Waals surface area (Å²) >= 11 is 0. The Kier molecular flexibility index (Phi) is 6.88. The van der Waals surface area contributed by atoms with E-state index in [0.29, 0.717) is 18.0 Å². The summed E-state index contributed by atoms with van der Waals surface area (Å²) in [7, 11) is -3.33. The normalized spacial score (nSPS) is 18.8. The highest BCUT2D eigenvalue weighted by Crippen LogP contribution is 2.12. The number of hydrogen-bond donors (Lipinski definition) is 2. The van der Waals surface area contributed by atoms with E-state index in [1.807, 2.05) is 0 Å². The summed E-state index contributed by atoms with van der Waals surface area (Å²) in [5.74, 6) is 0.104. The molecule has 0 aliphatic carbocycles. The molecule has 0 bridgehead atoms. The molecule has 1 saturated heterocycles. The molecule has 1 aliphatic heterocycles. The fourth-order valence-electron chi connectivity index (χ4n) is 2.23. The molecule has 0 radical (unpaired) electrons. The van der Waals surface area contributed by atoms with Crippen LogP contribution in [0.1, 0.15) is 18.4 Å². The Morgan fingerprint density at radius 2 is 2.00 bits per heavy atom. The maximum Gasteiger partial charge on any atom is 0.215 e. The molecule has 0 saturated carbocycles. The lowest BCUT2D eigenvalue weighted by Gasteiger charge is -2.10. The molecule has 1 fully saturated rings. The Hall–Kier alpha value is -0.690. The van der Waals surface area contributed by atoms with E-state index >= 15 is 0 Å². The van der Waals surface area contributed by atoms with Gasteiger partial charge in [-0.3, -0.25) is 0 Å². The van der Waals surface area contributed by atoms with Crippen LogP contribution in [0, 0.1) is 11.7 Å². The van der Waals surface area contributed by atoms with Crippen LogP contribution in [-0.2, 0) is 15.8 Å². The fraction of sp³-hybridized carbons (Fsp3) is 0.538. The molecule has 1 heterocycles. The predicted octanol–water partition coefficient (Wildman–Crippen LogP) is 1.67. The summed E-state index contributed by atoms with van der Waals surface area (Å²) in [4.78, 5) is 0. The number of benzene rings is 1. The molecule has 1 aromatic carbocycles. The topological polar surface area (TPSA) is 58.2 Å². The van der Waals surface area contributed by atoms with Crippen LogP contribution in [0.4, 0.5) is 4.39 Å². The molecule has 0 aromatic heterocycles. The molecular formula is C13H20ClFN2O2S. The standard InChI is InChI=1S/C13H19FN2O2S.ClH/c14-13-3-1-12(2-4-13)10-19(17,18)16-8-6-11-5-7-15-9-11;/h1-4,11,15-16H,5-10H2;1H. The molecule has 20 heavy (non-hydrogen) atoms. The van der Waals surface area contributed by atoms with Crippen LogP contribution >= 0.6 is 12.4 Å². The van der Waals surface area contributed by atoms with Crippen LogP contribution in [0.15, 0.2) is 24.3 Å². The number of sulfonamides is 1. The van der Waals surface area contributed by atoms with Gasteiger partial charge in [-0.05, 0) is 49.5 Å². The van der Waals surface area contributed by atoms with Crippen LogP contribution in [-0.4, -0.2) is 28.1 Å². The third-order valence-electron chi connectivity index (χ3n) is 3.31. The van der Waals surface area contributed by atoms with Gasteiger partial charge in [-0.1, -0.05) is 12.1 Å². The third-order valence-corrected chi connectivity index (χ3v) is 4.66. The average molecular weight is 323 g/mol. The SMILES string of the molecule is Cl.O=S(=O)(Cc1ccc(F)cc1)NCCC1CCNC1. The minimum Gasteiger partial charge on any atom is -0.316 e. The first-order chi connectivity index (χ1) is 9.05. The number of hydrogen-bond acceptors (Lipinski definition) is 3. The van der Waals surface area contributed by atoms with Crippen molar-refractivity contribution in [1.82, 2.24) is 10.0 Å². The quantitative estimate of drug-likeness (QED) is 0.837. The zero-order valence-corrected chi connectivity index (χ0v) is 12.8. The Bertz CT molecular complexity index is 502. The van der Waals surface area contributed by atoms with Gasteiger partial charge in [0.05, 0.1) is 5.75 Å². The van der Waals surface area contributed by atoms with Gasteiger partial charge < -0.3 is 5.32 Å². The molecule has 1 aromatic rings. The van der Waals surface area contributed by atoms with Gasteiger partial charge in [-0.2, -0.15) is 0 Å². The molecule has 7 heteroatoms. The van der Waals surface area contributed by atoms with Crippen molar-refractivity contribution in [3.05, 3.63) is 35.6 Å². The molecular weight excluding hydrogens is 303 g/mol. The second kappa shape index (κ2) is 7.93. The molecule has 2 N–H and O–H groups in total. The Morgan fingerprint density at radius 1 is 1.30 bits per heavy atom. The first-order valence-corrected chi connectivity index (χ1v) is 8.13. The molecule has 0 amide bonds. The minimum atomic E-state index is -3.33. The van der Waals surface area contributed by atoms with Crippen molar-refractivity contribution in [3.8, 4) is 0 Å². The van der Waals surface area contributed by atoms with Crippen LogP contribution in [0.5, 0.6) is 0 Å². The van der Waals surface area contributed by atoms with Crippen molar-refractivity contribution in [2.75, 3.05) is 19.6 Å². The van der Waals surface area contributed by atoms with Crippen LogP contribution in [0.25, 0.3) is 0 Å². The monoisotopic (exact) mass is 322 g/mol. The molecule has 0 spiro atoms. The van der Waals surface area contributed by atoms with Crippen molar-refractivity contribution in [3.63, 3.8) is 0 Å². The van der Waals surface area contributed by atoms with E-state index < -0.39 is 10.0 Å². The highest BCUT2D eigenvalue weighted by atomic mass is 35.5. The molecule has 114 valence electrons. The molecule has 1 unspecified atom stereocenters. The van der Waals surface area contributed by atoms with E-state index in [1.165, 1.54) is 24.3 Å². The Morgan fingerprint density at radius 3 is 2.60 bits per heavy atom. The van der Waals surface area contributed by atoms with E-state index in [9.17, 15) is 12.8 Å². The van der Waals surface area contributed by atoms with Crippen LogP contribution < -0.4 is 10.0 Å². The summed E-state index contributed by atoms with van der Waals surface area (Å²) < 4.78 is 39.0. The van der Waals surface area contributed by atoms with Crippen molar-refractivity contribution in [1.29, 1.82) is 0 Å². The maximum atomic E-state index is 12.7.